The highest BCUT2D eigenvalue weighted by Crippen LogP contribution is 2.36. The Morgan fingerprint density at radius 2 is 1.68 bits per heavy atom. The number of halogens is 3. The molecule has 4 N–H and O–H groups in total. The third kappa shape index (κ3) is 7.58. The number of fused-ring (bicyclic) bond motifs is 1. The summed E-state index contributed by atoms with van der Waals surface area (Å²) in [4.78, 5) is 13.1. The summed E-state index contributed by atoms with van der Waals surface area (Å²) < 4.78 is 72.4. The Kier molecular flexibility index (Phi) is 10.2. The van der Waals surface area contributed by atoms with Crippen molar-refractivity contribution in [2.75, 3.05) is 6.61 Å². The SMILES string of the molecule is CC1(C)OC(C(N)C(COC(F)C(F)F)Oc2ccccc2)C(=O)c2ccccc21.NS(=O)[O-]. The normalized spacial score (nSPS) is 20.4. The number of hydrogen-bond acceptors (Lipinski definition) is 7. The van der Waals surface area contributed by atoms with Gasteiger partial charge in [0.25, 0.3) is 12.8 Å². The van der Waals surface area contributed by atoms with E-state index < -0.39 is 54.5 Å². The molecule has 0 spiro atoms. The van der Waals surface area contributed by atoms with E-state index in [9.17, 15) is 18.0 Å². The van der Waals surface area contributed by atoms with Gasteiger partial charge < -0.3 is 24.5 Å². The first-order valence-corrected chi connectivity index (χ1v) is 11.2. The van der Waals surface area contributed by atoms with Gasteiger partial charge in [-0.05, 0) is 31.5 Å². The first-order chi connectivity index (χ1) is 15.9. The Labute approximate surface area is 197 Å². The summed E-state index contributed by atoms with van der Waals surface area (Å²) in [7, 11) is 0. The van der Waals surface area contributed by atoms with Crippen molar-refractivity contribution >= 4 is 17.0 Å². The van der Waals surface area contributed by atoms with Crippen molar-refractivity contribution < 1.29 is 40.9 Å². The number of alkyl halides is 3. The lowest BCUT2D eigenvalue weighted by molar-refractivity contribution is -0.150. The number of benzene rings is 2. The zero-order valence-corrected chi connectivity index (χ0v) is 19.3. The van der Waals surface area contributed by atoms with Crippen LogP contribution >= 0.6 is 0 Å². The van der Waals surface area contributed by atoms with E-state index >= 15 is 0 Å². The van der Waals surface area contributed by atoms with Crippen LogP contribution in [0, 0.1) is 0 Å². The first kappa shape index (κ1) is 27.9. The average Bonchev–Trinajstić information content (AvgIpc) is 2.78. The van der Waals surface area contributed by atoms with Crippen LogP contribution < -0.4 is 15.6 Å². The Hall–Kier alpha value is -2.35. The van der Waals surface area contributed by atoms with Crippen molar-refractivity contribution in [2.45, 2.75) is 50.5 Å². The highest BCUT2D eigenvalue weighted by atomic mass is 32.2. The maximum absolute atomic E-state index is 13.4. The van der Waals surface area contributed by atoms with E-state index in [1.807, 2.05) is 0 Å². The zero-order valence-electron chi connectivity index (χ0n) is 18.4. The molecule has 0 amide bonds. The number of para-hydroxylation sites is 1. The second-order valence-electron chi connectivity index (χ2n) is 7.78. The number of ketones is 1. The standard InChI is InChI=1S/C22H24F3NO4.H3NO2S/c1-22(2)15-11-7-6-10-14(15)18(27)19(30-22)17(26)16(12-28-21(25)20(23)24)29-13-8-4-3-5-9-13;1-4(2)3/h3-11,16-17,19-21H,12,26H2,1-2H3;1H2,(H,2,3)/p-1. The number of rotatable bonds is 8. The van der Waals surface area contributed by atoms with Gasteiger partial charge in [-0.25, -0.2) is 13.2 Å². The molecule has 3 rings (SSSR count). The number of hydrogen-bond donors (Lipinski definition) is 2. The van der Waals surface area contributed by atoms with Gasteiger partial charge in [0.05, 0.1) is 18.2 Å². The van der Waals surface area contributed by atoms with Crippen molar-refractivity contribution in [1.82, 2.24) is 0 Å². The van der Waals surface area contributed by atoms with Crippen molar-refractivity contribution in [3.05, 3.63) is 65.7 Å². The van der Waals surface area contributed by atoms with Gasteiger partial charge in [0.1, 0.15) is 18.0 Å². The molecule has 5 atom stereocenters. The molecule has 0 fully saturated rings. The largest absolute Gasteiger partial charge is 0.760 e. The molecule has 1 aliphatic rings. The second kappa shape index (κ2) is 12.4. The fourth-order valence-electron chi connectivity index (χ4n) is 3.42. The van der Waals surface area contributed by atoms with Gasteiger partial charge in [-0.15, -0.1) is 0 Å². The van der Waals surface area contributed by atoms with Gasteiger partial charge in [-0.3, -0.25) is 14.1 Å². The molecule has 0 saturated carbocycles. The van der Waals surface area contributed by atoms with Crippen LogP contribution in [0.5, 0.6) is 5.75 Å². The summed E-state index contributed by atoms with van der Waals surface area (Å²) in [6, 6.07) is 14.3. The smallest absolute Gasteiger partial charge is 0.293 e. The van der Waals surface area contributed by atoms with Gasteiger partial charge in [-0.2, -0.15) is 0 Å². The third-order valence-corrected chi connectivity index (χ3v) is 4.95. The molecule has 1 heterocycles. The van der Waals surface area contributed by atoms with E-state index in [1.165, 1.54) is 0 Å². The van der Waals surface area contributed by atoms with Crippen LogP contribution in [0.2, 0.25) is 0 Å². The molecule has 5 unspecified atom stereocenters. The Bertz CT molecular complexity index is 963. The molecule has 1 aliphatic heterocycles. The van der Waals surface area contributed by atoms with Crippen LogP contribution in [0.4, 0.5) is 13.2 Å². The molecule has 2 aromatic carbocycles. The van der Waals surface area contributed by atoms with Crippen molar-refractivity contribution in [3.8, 4) is 5.75 Å². The van der Waals surface area contributed by atoms with Gasteiger partial charge in [0, 0.05) is 16.8 Å². The second-order valence-corrected chi connectivity index (χ2v) is 8.31. The molecule has 2 aromatic rings. The fraction of sp³-hybridized carbons (Fsp3) is 0.409. The van der Waals surface area contributed by atoms with E-state index in [4.69, 9.17) is 24.0 Å². The topological polar surface area (TPSA) is 137 Å². The van der Waals surface area contributed by atoms with Gasteiger partial charge >= 0.3 is 0 Å². The molecule has 34 heavy (non-hydrogen) atoms. The molecule has 0 saturated heterocycles. The van der Waals surface area contributed by atoms with Gasteiger partial charge in [-0.1, -0.05) is 42.5 Å². The monoisotopic (exact) mass is 503 g/mol. The predicted octanol–water partition coefficient (Wildman–Crippen LogP) is 2.59. The van der Waals surface area contributed by atoms with E-state index in [0.29, 0.717) is 11.3 Å². The number of nitrogens with two attached hydrogens (primary N) is 2. The number of carbonyl (C=O) groups excluding carboxylic acids is 1. The summed E-state index contributed by atoms with van der Waals surface area (Å²) in [5, 5.41) is 4.03. The van der Waals surface area contributed by atoms with Crippen molar-refractivity contribution in [1.29, 1.82) is 0 Å². The minimum Gasteiger partial charge on any atom is -0.760 e. The maximum atomic E-state index is 13.4. The van der Waals surface area contributed by atoms with Crippen molar-refractivity contribution in [2.24, 2.45) is 10.9 Å². The highest BCUT2D eigenvalue weighted by molar-refractivity contribution is 7.76. The molecule has 0 bridgehead atoms. The molecule has 8 nitrogen and oxygen atoms in total. The molecule has 0 radical (unpaired) electrons. The maximum Gasteiger partial charge on any atom is 0.293 e. The third-order valence-electron chi connectivity index (χ3n) is 4.95. The summed E-state index contributed by atoms with van der Waals surface area (Å²) in [5.41, 5.74) is 6.67. The Morgan fingerprint density at radius 1 is 1.12 bits per heavy atom. The fourth-order valence-corrected chi connectivity index (χ4v) is 3.42. The quantitative estimate of drug-likeness (QED) is 0.528. The summed E-state index contributed by atoms with van der Waals surface area (Å²) in [6.45, 7) is 3.02. The Morgan fingerprint density at radius 3 is 2.26 bits per heavy atom. The molecule has 188 valence electrons. The van der Waals surface area contributed by atoms with E-state index in [1.54, 1.807) is 68.4 Å². The molecule has 12 heteroatoms. The average molecular weight is 504 g/mol. The van der Waals surface area contributed by atoms with Crippen LogP contribution in [-0.2, 0) is 26.3 Å². The zero-order chi connectivity index (χ0) is 25.5. The number of ether oxygens (including phenoxy) is 3. The minimum absolute atomic E-state index is 0.357. The summed E-state index contributed by atoms with van der Waals surface area (Å²) in [5.74, 6) is 0.0154. The summed E-state index contributed by atoms with van der Waals surface area (Å²) >= 11 is -2.36. The van der Waals surface area contributed by atoms with Crippen LogP contribution in [0.3, 0.4) is 0 Å². The highest BCUT2D eigenvalue weighted by Gasteiger charge is 2.44. The lowest BCUT2D eigenvalue weighted by atomic mass is 9.83. The molecule has 0 aliphatic carbocycles. The van der Waals surface area contributed by atoms with Crippen LogP contribution in [0.25, 0.3) is 0 Å². The minimum atomic E-state index is -3.31. The Balaban J connectivity index is 0.000000945. The number of Topliss-reactive ketones (excluding diaryl/α,β-unsaturated/α-hetero) is 1. The number of carbonyl (C=O) groups is 1. The molecule has 0 aromatic heterocycles. The first-order valence-electron chi connectivity index (χ1n) is 10.1. The molecular weight excluding hydrogens is 477 g/mol. The summed E-state index contributed by atoms with van der Waals surface area (Å²) in [6.07, 6.45) is -8.34. The van der Waals surface area contributed by atoms with Gasteiger partial charge in [0.2, 0.25) is 0 Å². The lowest BCUT2D eigenvalue weighted by Crippen LogP contribution is -2.57. The van der Waals surface area contributed by atoms with Crippen LogP contribution in [0.1, 0.15) is 29.8 Å². The van der Waals surface area contributed by atoms with Crippen LogP contribution in [-0.4, -0.2) is 52.2 Å². The predicted molar refractivity (Wildman–Crippen MR) is 117 cm³/mol. The van der Waals surface area contributed by atoms with Crippen molar-refractivity contribution in [3.63, 3.8) is 0 Å². The van der Waals surface area contributed by atoms with E-state index in [2.05, 4.69) is 9.88 Å². The van der Waals surface area contributed by atoms with E-state index in [-0.39, 0.29) is 5.78 Å². The lowest BCUT2D eigenvalue weighted by Gasteiger charge is -2.40. The van der Waals surface area contributed by atoms with Gasteiger partial charge in [0.15, 0.2) is 5.78 Å². The molecular formula is C22H26F3N2O6S-. The van der Waals surface area contributed by atoms with E-state index in [0.717, 1.165) is 5.56 Å². The van der Waals surface area contributed by atoms with Crippen LogP contribution in [0.15, 0.2) is 54.6 Å².